The number of hydrogen-bond donors (Lipinski definition) is 1. The predicted octanol–water partition coefficient (Wildman–Crippen LogP) is 3.92. The number of rotatable bonds is 3. The van der Waals surface area contributed by atoms with Crippen LogP contribution in [0.15, 0.2) is 74.7 Å². The molecule has 4 rings (SSSR count). The third-order valence-corrected chi connectivity index (χ3v) is 4.62. The van der Waals surface area contributed by atoms with Crippen LogP contribution in [0.3, 0.4) is 0 Å². The zero-order valence-corrected chi connectivity index (χ0v) is 16.4. The SMILES string of the molecule is Cc1cc(=O)c(C(=O)Nc2ccc3oc(=O)ccc3c2)nn1-c1cccc(C(F)(F)F)c1. The van der Waals surface area contributed by atoms with E-state index in [1.54, 1.807) is 0 Å². The Labute approximate surface area is 177 Å². The third-order valence-electron chi connectivity index (χ3n) is 4.62. The molecule has 0 saturated carbocycles. The number of nitrogens with one attached hydrogen (secondary N) is 1. The fourth-order valence-corrected chi connectivity index (χ4v) is 3.12. The summed E-state index contributed by atoms with van der Waals surface area (Å²) in [5.74, 6) is -0.840. The summed E-state index contributed by atoms with van der Waals surface area (Å²) in [4.78, 5) is 36.3. The molecule has 2 heterocycles. The minimum Gasteiger partial charge on any atom is -0.423 e. The summed E-state index contributed by atoms with van der Waals surface area (Å²) >= 11 is 0. The number of halogens is 3. The summed E-state index contributed by atoms with van der Waals surface area (Å²) < 4.78 is 45.3. The van der Waals surface area contributed by atoms with Gasteiger partial charge in [-0.2, -0.15) is 18.3 Å². The van der Waals surface area contributed by atoms with E-state index in [2.05, 4.69) is 10.4 Å². The molecule has 162 valence electrons. The molecule has 0 unspecified atom stereocenters. The molecule has 32 heavy (non-hydrogen) atoms. The van der Waals surface area contributed by atoms with Crippen LogP contribution in [0.1, 0.15) is 21.7 Å². The molecule has 0 aliphatic rings. The first-order chi connectivity index (χ1) is 15.1. The van der Waals surface area contributed by atoms with Crippen LogP contribution in [-0.2, 0) is 6.18 Å². The number of nitrogens with zero attached hydrogens (tertiary/aromatic N) is 2. The van der Waals surface area contributed by atoms with Gasteiger partial charge in [0.1, 0.15) is 5.58 Å². The average molecular weight is 441 g/mol. The van der Waals surface area contributed by atoms with E-state index in [9.17, 15) is 27.6 Å². The lowest BCUT2D eigenvalue weighted by Crippen LogP contribution is -2.27. The third kappa shape index (κ3) is 4.15. The van der Waals surface area contributed by atoms with Gasteiger partial charge in [-0.15, -0.1) is 0 Å². The van der Waals surface area contributed by atoms with Crippen molar-refractivity contribution in [2.75, 3.05) is 5.32 Å². The van der Waals surface area contributed by atoms with E-state index >= 15 is 0 Å². The first-order valence-corrected chi connectivity index (χ1v) is 9.26. The largest absolute Gasteiger partial charge is 0.423 e. The lowest BCUT2D eigenvalue weighted by atomic mass is 10.2. The van der Waals surface area contributed by atoms with E-state index in [1.807, 2.05) is 0 Å². The van der Waals surface area contributed by atoms with Crippen LogP contribution in [0.5, 0.6) is 0 Å². The Balaban J connectivity index is 1.70. The van der Waals surface area contributed by atoms with Crippen molar-refractivity contribution in [1.29, 1.82) is 0 Å². The number of benzene rings is 2. The molecule has 0 aliphatic heterocycles. The number of amides is 1. The number of aryl methyl sites for hydroxylation is 1. The number of anilines is 1. The lowest BCUT2D eigenvalue weighted by Gasteiger charge is -2.13. The Bertz CT molecular complexity index is 1470. The van der Waals surface area contributed by atoms with Crippen molar-refractivity contribution in [3.8, 4) is 5.69 Å². The fraction of sp³-hybridized carbons (Fsp3) is 0.0909. The molecular weight excluding hydrogens is 427 g/mol. The minimum absolute atomic E-state index is 0.0482. The molecular formula is C22H14F3N3O4. The molecule has 4 aromatic rings. The second-order valence-electron chi connectivity index (χ2n) is 6.92. The van der Waals surface area contributed by atoms with Gasteiger partial charge in [0.05, 0.1) is 11.3 Å². The molecule has 1 N–H and O–H groups in total. The second kappa shape index (κ2) is 7.80. The first kappa shape index (κ1) is 21.0. The van der Waals surface area contributed by atoms with Crippen molar-refractivity contribution < 1.29 is 22.4 Å². The zero-order chi connectivity index (χ0) is 23.0. The average Bonchev–Trinajstić information content (AvgIpc) is 2.73. The number of carbonyl (C=O) groups is 1. The van der Waals surface area contributed by atoms with E-state index in [-0.39, 0.29) is 11.4 Å². The van der Waals surface area contributed by atoms with Crippen molar-refractivity contribution in [2.45, 2.75) is 13.1 Å². The van der Waals surface area contributed by atoms with Crippen molar-refractivity contribution in [3.05, 3.63) is 98.3 Å². The molecule has 1 amide bonds. The van der Waals surface area contributed by atoms with Crippen LogP contribution in [-0.4, -0.2) is 15.7 Å². The molecule has 0 atom stereocenters. The smallest absolute Gasteiger partial charge is 0.416 e. The highest BCUT2D eigenvalue weighted by Gasteiger charge is 2.30. The van der Waals surface area contributed by atoms with E-state index in [0.717, 1.165) is 22.9 Å². The normalized spacial score (nSPS) is 11.5. The monoisotopic (exact) mass is 441 g/mol. The molecule has 2 aromatic heterocycles. The molecule has 0 bridgehead atoms. The maximum Gasteiger partial charge on any atom is 0.416 e. The van der Waals surface area contributed by atoms with Crippen LogP contribution in [0, 0.1) is 6.92 Å². The Kier molecular flexibility index (Phi) is 5.13. The number of carbonyl (C=O) groups excluding carboxylic acids is 1. The maximum absolute atomic E-state index is 13.1. The van der Waals surface area contributed by atoms with Gasteiger partial charge in [0.2, 0.25) is 5.43 Å². The minimum atomic E-state index is -4.56. The lowest BCUT2D eigenvalue weighted by molar-refractivity contribution is -0.137. The van der Waals surface area contributed by atoms with Crippen LogP contribution >= 0.6 is 0 Å². The van der Waals surface area contributed by atoms with E-state index in [4.69, 9.17) is 4.42 Å². The van der Waals surface area contributed by atoms with E-state index in [0.29, 0.717) is 16.7 Å². The molecule has 0 fully saturated rings. The molecule has 2 aromatic carbocycles. The molecule has 0 radical (unpaired) electrons. The Hall–Kier alpha value is -4.21. The van der Waals surface area contributed by atoms with Gasteiger partial charge in [-0.05, 0) is 49.4 Å². The van der Waals surface area contributed by atoms with Gasteiger partial charge in [0.15, 0.2) is 5.69 Å². The Morgan fingerprint density at radius 3 is 2.56 bits per heavy atom. The zero-order valence-electron chi connectivity index (χ0n) is 16.4. The van der Waals surface area contributed by atoms with Gasteiger partial charge in [-0.25, -0.2) is 9.48 Å². The standard InChI is InChI=1S/C22H14F3N3O4/c1-12-9-17(29)20(27-28(12)16-4-2-3-14(11-16)22(23,24)25)21(31)26-15-6-7-18-13(10-15)5-8-19(30)32-18/h2-11H,1H3,(H,26,31). The fourth-order valence-electron chi connectivity index (χ4n) is 3.12. The highest BCUT2D eigenvalue weighted by atomic mass is 19.4. The van der Waals surface area contributed by atoms with Gasteiger partial charge in [0.25, 0.3) is 5.91 Å². The highest BCUT2D eigenvalue weighted by Crippen LogP contribution is 2.30. The Morgan fingerprint density at radius 2 is 1.81 bits per heavy atom. The summed E-state index contributed by atoms with van der Waals surface area (Å²) in [5, 5.41) is 7.07. The van der Waals surface area contributed by atoms with Crippen molar-refractivity contribution >= 4 is 22.6 Å². The first-order valence-electron chi connectivity index (χ1n) is 9.26. The summed E-state index contributed by atoms with van der Waals surface area (Å²) in [7, 11) is 0. The highest BCUT2D eigenvalue weighted by molar-refractivity contribution is 6.03. The summed E-state index contributed by atoms with van der Waals surface area (Å²) in [6, 6.07) is 12.7. The number of aromatic nitrogens is 2. The molecule has 0 aliphatic carbocycles. The molecule has 0 saturated heterocycles. The number of alkyl halides is 3. The van der Waals surface area contributed by atoms with Crippen molar-refractivity contribution in [3.63, 3.8) is 0 Å². The van der Waals surface area contributed by atoms with Crippen LogP contribution in [0.25, 0.3) is 16.7 Å². The van der Waals surface area contributed by atoms with Crippen LogP contribution < -0.4 is 16.4 Å². The summed E-state index contributed by atoms with van der Waals surface area (Å²) in [6.07, 6.45) is -4.56. The van der Waals surface area contributed by atoms with E-state index in [1.165, 1.54) is 49.4 Å². The van der Waals surface area contributed by atoms with Crippen LogP contribution in [0.2, 0.25) is 0 Å². The predicted molar refractivity (Wildman–Crippen MR) is 110 cm³/mol. The van der Waals surface area contributed by atoms with Gasteiger partial charge in [-0.3, -0.25) is 9.59 Å². The maximum atomic E-state index is 13.1. The summed E-state index contributed by atoms with van der Waals surface area (Å²) in [5.41, 5.74) is -1.65. The van der Waals surface area contributed by atoms with E-state index < -0.39 is 34.4 Å². The molecule has 0 spiro atoms. The molecule has 10 heteroatoms. The number of fused-ring (bicyclic) bond motifs is 1. The van der Waals surface area contributed by atoms with Gasteiger partial charge < -0.3 is 9.73 Å². The summed E-state index contributed by atoms with van der Waals surface area (Å²) in [6.45, 7) is 1.49. The topological polar surface area (TPSA) is 94.2 Å². The van der Waals surface area contributed by atoms with Crippen molar-refractivity contribution in [1.82, 2.24) is 9.78 Å². The number of hydrogen-bond acceptors (Lipinski definition) is 5. The van der Waals surface area contributed by atoms with Gasteiger partial charge >= 0.3 is 11.8 Å². The van der Waals surface area contributed by atoms with Gasteiger partial charge in [0, 0.05) is 28.9 Å². The Morgan fingerprint density at radius 1 is 1.03 bits per heavy atom. The van der Waals surface area contributed by atoms with Crippen LogP contribution in [0.4, 0.5) is 18.9 Å². The molecule has 7 nitrogen and oxygen atoms in total. The second-order valence-corrected chi connectivity index (χ2v) is 6.92. The van der Waals surface area contributed by atoms with Gasteiger partial charge in [-0.1, -0.05) is 6.07 Å². The van der Waals surface area contributed by atoms with Crippen molar-refractivity contribution in [2.24, 2.45) is 0 Å². The quantitative estimate of drug-likeness (QED) is 0.487.